The van der Waals surface area contributed by atoms with Crippen molar-refractivity contribution >= 4 is 10.2 Å². The Morgan fingerprint density at radius 3 is 2.62 bits per heavy atom. The molecule has 1 fully saturated rings. The van der Waals surface area contributed by atoms with Gasteiger partial charge in [-0.1, -0.05) is 0 Å². The van der Waals surface area contributed by atoms with E-state index in [9.17, 15) is 8.42 Å². The SMILES string of the molecule is CN1CCCC1CN(C)S(N)(=O)=O. The van der Waals surface area contributed by atoms with Gasteiger partial charge in [-0.3, -0.25) is 0 Å². The zero-order valence-electron chi connectivity index (χ0n) is 8.10. The largest absolute Gasteiger partial charge is 0.302 e. The van der Waals surface area contributed by atoms with E-state index in [0.29, 0.717) is 12.6 Å². The van der Waals surface area contributed by atoms with E-state index in [2.05, 4.69) is 4.90 Å². The van der Waals surface area contributed by atoms with Crippen molar-refractivity contribution in [3.8, 4) is 0 Å². The molecule has 0 radical (unpaired) electrons. The van der Waals surface area contributed by atoms with E-state index >= 15 is 0 Å². The monoisotopic (exact) mass is 207 g/mol. The molecule has 1 aliphatic rings. The zero-order chi connectivity index (χ0) is 10.1. The Bertz CT molecular complexity index is 265. The highest BCUT2D eigenvalue weighted by atomic mass is 32.2. The number of hydrogen-bond donors (Lipinski definition) is 1. The molecule has 5 nitrogen and oxygen atoms in total. The van der Waals surface area contributed by atoms with Crippen LogP contribution in [0.25, 0.3) is 0 Å². The topological polar surface area (TPSA) is 66.6 Å². The predicted molar refractivity (Wildman–Crippen MR) is 51.4 cm³/mol. The van der Waals surface area contributed by atoms with Gasteiger partial charge in [-0.05, 0) is 26.4 Å². The van der Waals surface area contributed by atoms with Crippen molar-refractivity contribution in [1.82, 2.24) is 9.21 Å². The minimum absolute atomic E-state index is 0.323. The van der Waals surface area contributed by atoms with Crippen molar-refractivity contribution in [2.45, 2.75) is 18.9 Å². The Morgan fingerprint density at radius 2 is 2.23 bits per heavy atom. The van der Waals surface area contributed by atoms with Gasteiger partial charge in [-0.15, -0.1) is 0 Å². The van der Waals surface area contributed by atoms with Gasteiger partial charge in [0.1, 0.15) is 0 Å². The van der Waals surface area contributed by atoms with Crippen LogP contribution in [0, 0.1) is 0 Å². The molecular formula is C7H17N3O2S. The molecule has 0 aromatic heterocycles. The Labute approximate surface area is 79.7 Å². The first-order chi connectivity index (χ1) is 5.91. The summed E-state index contributed by atoms with van der Waals surface area (Å²) in [5, 5.41) is 4.98. The van der Waals surface area contributed by atoms with Crippen LogP contribution in [0.3, 0.4) is 0 Å². The van der Waals surface area contributed by atoms with E-state index in [1.807, 2.05) is 7.05 Å². The molecule has 2 N–H and O–H groups in total. The molecule has 1 atom stereocenters. The van der Waals surface area contributed by atoms with Crippen LogP contribution in [0.4, 0.5) is 0 Å². The van der Waals surface area contributed by atoms with E-state index in [0.717, 1.165) is 19.4 Å². The molecular weight excluding hydrogens is 190 g/mol. The quantitative estimate of drug-likeness (QED) is 0.660. The van der Waals surface area contributed by atoms with E-state index in [-0.39, 0.29) is 0 Å². The standard InChI is InChI=1S/C7H17N3O2S/c1-9-5-3-4-7(9)6-10(2)13(8,11)12/h7H,3-6H2,1-2H3,(H2,8,11,12). The molecule has 0 aliphatic carbocycles. The van der Waals surface area contributed by atoms with Gasteiger partial charge in [0.2, 0.25) is 0 Å². The second-order valence-corrected chi connectivity index (χ2v) is 5.26. The molecule has 78 valence electrons. The molecule has 0 saturated carbocycles. The summed E-state index contributed by atoms with van der Waals surface area (Å²) < 4.78 is 23.0. The Balaban J connectivity index is 2.49. The fourth-order valence-corrected chi connectivity index (χ4v) is 1.99. The van der Waals surface area contributed by atoms with Gasteiger partial charge in [-0.25, -0.2) is 5.14 Å². The predicted octanol–water partition coefficient (Wildman–Crippen LogP) is -0.784. The highest BCUT2D eigenvalue weighted by Gasteiger charge is 2.24. The van der Waals surface area contributed by atoms with Crippen molar-refractivity contribution in [3.63, 3.8) is 0 Å². The summed E-state index contributed by atoms with van der Waals surface area (Å²) in [4.78, 5) is 2.17. The first-order valence-corrected chi connectivity index (χ1v) is 5.86. The third kappa shape index (κ3) is 2.91. The minimum Gasteiger partial charge on any atom is -0.302 e. The lowest BCUT2D eigenvalue weighted by molar-refractivity contribution is 0.271. The number of likely N-dealkylation sites (tertiary alicyclic amines) is 1. The third-order valence-electron chi connectivity index (χ3n) is 2.57. The van der Waals surface area contributed by atoms with Crippen LogP contribution in [0.5, 0.6) is 0 Å². The van der Waals surface area contributed by atoms with Gasteiger partial charge < -0.3 is 4.90 Å². The minimum atomic E-state index is -3.51. The number of nitrogens with zero attached hydrogens (tertiary/aromatic N) is 2. The summed E-state index contributed by atoms with van der Waals surface area (Å²) in [5.41, 5.74) is 0. The maximum Gasteiger partial charge on any atom is 0.276 e. The van der Waals surface area contributed by atoms with Crippen LogP contribution in [0.15, 0.2) is 0 Å². The fourth-order valence-electron chi connectivity index (χ4n) is 1.61. The summed E-state index contributed by atoms with van der Waals surface area (Å²) in [6, 6.07) is 0.323. The maximum absolute atomic E-state index is 10.9. The van der Waals surface area contributed by atoms with Gasteiger partial charge >= 0.3 is 0 Å². The maximum atomic E-state index is 10.9. The molecule has 0 amide bonds. The highest BCUT2D eigenvalue weighted by molar-refractivity contribution is 7.86. The number of nitrogens with two attached hydrogens (primary N) is 1. The lowest BCUT2D eigenvalue weighted by Gasteiger charge is -2.23. The van der Waals surface area contributed by atoms with E-state index < -0.39 is 10.2 Å². The van der Waals surface area contributed by atoms with E-state index in [1.165, 1.54) is 11.4 Å². The zero-order valence-corrected chi connectivity index (χ0v) is 8.92. The van der Waals surface area contributed by atoms with Gasteiger partial charge in [0.05, 0.1) is 0 Å². The third-order valence-corrected chi connectivity index (χ3v) is 3.59. The van der Waals surface area contributed by atoms with Crippen LogP contribution < -0.4 is 5.14 Å². The molecule has 6 heteroatoms. The van der Waals surface area contributed by atoms with Gasteiger partial charge in [0, 0.05) is 19.6 Å². The first-order valence-electron chi connectivity index (χ1n) is 4.35. The first kappa shape index (κ1) is 10.9. The molecule has 1 unspecified atom stereocenters. The molecule has 0 aromatic carbocycles. The van der Waals surface area contributed by atoms with Gasteiger partial charge in [0.25, 0.3) is 10.2 Å². The lowest BCUT2D eigenvalue weighted by atomic mass is 10.2. The summed E-state index contributed by atoms with van der Waals surface area (Å²) in [6.45, 7) is 1.54. The smallest absolute Gasteiger partial charge is 0.276 e. The van der Waals surface area contributed by atoms with Crippen molar-refractivity contribution < 1.29 is 8.42 Å². The highest BCUT2D eigenvalue weighted by Crippen LogP contribution is 2.15. The molecule has 13 heavy (non-hydrogen) atoms. The Morgan fingerprint density at radius 1 is 1.62 bits per heavy atom. The molecule has 0 aromatic rings. The second-order valence-electron chi connectivity index (χ2n) is 3.60. The molecule has 1 heterocycles. The van der Waals surface area contributed by atoms with Crippen LogP contribution in [0.1, 0.15) is 12.8 Å². The van der Waals surface area contributed by atoms with Crippen LogP contribution in [0.2, 0.25) is 0 Å². The number of likely N-dealkylation sites (N-methyl/N-ethyl adjacent to an activating group) is 2. The molecule has 0 bridgehead atoms. The molecule has 1 saturated heterocycles. The fraction of sp³-hybridized carbons (Fsp3) is 1.00. The Kier molecular flexibility index (Phi) is 3.28. The average molecular weight is 207 g/mol. The lowest BCUT2D eigenvalue weighted by Crippen LogP contribution is -2.42. The summed E-state index contributed by atoms with van der Waals surface area (Å²) in [5.74, 6) is 0. The van der Waals surface area contributed by atoms with Crippen molar-refractivity contribution in [2.75, 3.05) is 27.2 Å². The van der Waals surface area contributed by atoms with Crippen LogP contribution in [-0.4, -0.2) is 50.8 Å². The van der Waals surface area contributed by atoms with Crippen molar-refractivity contribution in [3.05, 3.63) is 0 Å². The molecule has 1 aliphatic heterocycles. The summed E-state index contributed by atoms with van der Waals surface area (Å²) in [6.07, 6.45) is 2.19. The Hall–Kier alpha value is -0.170. The van der Waals surface area contributed by atoms with Crippen LogP contribution >= 0.6 is 0 Å². The second kappa shape index (κ2) is 3.91. The number of rotatable bonds is 3. The van der Waals surface area contributed by atoms with E-state index in [1.54, 1.807) is 0 Å². The normalized spacial score (nSPS) is 25.7. The average Bonchev–Trinajstić information content (AvgIpc) is 2.34. The van der Waals surface area contributed by atoms with Gasteiger partial charge in [0.15, 0.2) is 0 Å². The van der Waals surface area contributed by atoms with Crippen LogP contribution in [-0.2, 0) is 10.2 Å². The van der Waals surface area contributed by atoms with E-state index in [4.69, 9.17) is 5.14 Å². The van der Waals surface area contributed by atoms with Crippen molar-refractivity contribution in [2.24, 2.45) is 5.14 Å². The summed E-state index contributed by atoms with van der Waals surface area (Å²) in [7, 11) is 0.0169. The van der Waals surface area contributed by atoms with Crippen molar-refractivity contribution in [1.29, 1.82) is 0 Å². The summed E-state index contributed by atoms with van der Waals surface area (Å²) >= 11 is 0. The molecule has 1 rings (SSSR count). The number of hydrogen-bond acceptors (Lipinski definition) is 3. The van der Waals surface area contributed by atoms with Gasteiger partial charge in [-0.2, -0.15) is 12.7 Å². The molecule has 0 spiro atoms.